The first-order valence-corrected chi connectivity index (χ1v) is 7.29. The maximum absolute atomic E-state index is 11.4. The number of carbonyl (C=O) groups excluding carboxylic acids is 1. The zero-order chi connectivity index (χ0) is 13.0. The van der Waals surface area contributed by atoms with Crippen LogP contribution in [0.5, 0.6) is 0 Å². The maximum atomic E-state index is 11.4. The minimum absolute atomic E-state index is 0.187. The lowest BCUT2D eigenvalue weighted by atomic mass is 9.82. The second-order valence-electron chi connectivity index (χ2n) is 6.02. The number of allylic oxidation sites excluding steroid dienone is 1. The van der Waals surface area contributed by atoms with E-state index >= 15 is 0 Å². The molecule has 2 rings (SSSR count). The first-order chi connectivity index (χ1) is 8.65. The molecule has 0 amide bonds. The summed E-state index contributed by atoms with van der Waals surface area (Å²) in [5, 5.41) is 0. The summed E-state index contributed by atoms with van der Waals surface area (Å²) in [5.74, 6) is 0.381. The molecule has 18 heavy (non-hydrogen) atoms. The molecule has 0 spiro atoms. The summed E-state index contributed by atoms with van der Waals surface area (Å²) in [5.41, 5.74) is 0. The molecule has 3 heteroatoms. The number of hydrogen-bond donors (Lipinski definition) is 0. The largest absolute Gasteiger partial charge is 0.462 e. The Balaban J connectivity index is 1.93. The molecule has 2 aliphatic rings. The maximum Gasteiger partial charge on any atom is 0.330 e. The summed E-state index contributed by atoms with van der Waals surface area (Å²) in [7, 11) is 2.39. The normalized spacial score (nSPS) is 36.3. The number of esters is 1. The molecule has 2 fully saturated rings. The molecular weight excluding hydrogens is 226 g/mol. The van der Waals surface area contributed by atoms with Crippen LogP contribution in [0.3, 0.4) is 0 Å². The van der Waals surface area contributed by atoms with Crippen molar-refractivity contribution < 1.29 is 14.0 Å². The van der Waals surface area contributed by atoms with Crippen molar-refractivity contribution in [3.05, 3.63) is 12.2 Å². The zero-order valence-corrected chi connectivity index (χ0v) is 11.7. The Kier molecular flexibility index (Phi) is 4.44. The number of rotatable bonds is 3. The van der Waals surface area contributed by atoms with E-state index in [2.05, 4.69) is 7.05 Å². The monoisotopic (exact) mass is 252 g/mol. The van der Waals surface area contributed by atoms with E-state index in [0.29, 0.717) is 18.6 Å². The standard InChI is InChI=1S/C15H26NO2/c1-3-7-15(17)18-12-13-8-6-11-16(2)10-5-4-9-14(13)16/h3,7,13-14H,4-6,8-12H2,1-2H3/q+1. The van der Waals surface area contributed by atoms with Crippen LogP contribution in [-0.2, 0) is 9.53 Å². The van der Waals surface area contributed by atoms with Gasteiger partial charge in [-0.3, -0.25) is 0 Å². The third kappa shape index (κ3) is 2.94. The highest BCUT2D eigenvalue weighted by Crippen LogP contribution is 2.36. The van der Waals surface area contributed by atoms with E-state index in [1.165, 1.54) is 55.8 Å². The van der Waals surface area contributed by atoms with Crippen LogP contribution >= 0.6 is 0 Å². The van der Waals surface area contributed by atoms with Gasteiger partial charge >= 0.3 is 5.97 Å². The van der Waals surface area contributed by atoms with Gasteiger partial charge in [0.25, 0.3) is 0 Å². The summed E-state index contributed by atoms with van der Waals surface area (Å²) in [6.07, 6.45) is 9.76. The van der Waals surface area contributed by atoms with Gasteiger partial charge in [0, 0.05) is 18.4 Å². The Labute approximate surface area is 110 Å². The number of hydrogen-bond acceptors (Lipinski definition) is 2. The zero-order valence-electron chi connectivity index (χ0n) is 11.7. The highest BCUT2D eigenvalue weighted by molar-refractivity contribution is 5.81. The van der Waals surface area contributed by atoms with E-state index in [9.17, 15) is 4.79 Å². The van der Waals surface area contributed by atoms with Crippen molar-refractivity contribution in [1.29, 1.82) is 0 Å². The Morgan fingerprint density at radius 2 is 2.06 bits per heavy atom. The van der Waals surface area contributed by atoms with E-state index in [4.69, 9.17) is 4.74 Å². The molecule has 2 saturated heterocycles. The molecule has 3 nitrogen and oxygen atoms in total. The van der Waals surface area contributed by atoms with E-state index in [0.717, 1.165) is 0 Å². The number of carbonyl (C=O) groups is 1. The van der Waals surface area contributed by atoms with Gasteiger partial charge in [-0.15, -0.1) is 0 Å². The number of fused-ring (bicyclic) bond motifs is 1. The molecule has 0 aromatic rings. The Bertz CT molecular complexity index is 322. The lowest BCUT2D eigenvalue weighted by Gasteiger charge is -2.51. The van der Waals surface area contributed by atoms with Gasteiger partial charge in [-0.25, -0.2) is 4.79 Å². The second-order valence-corrected chi connectivity index (χ2v) is 6.02. The van der Waals surface area contributed by atoms with E-state index in [1.54, 1.807) is 6.08 Å². The van der Waals surface area contributed by atoms with Crippen molar-refractivity contribution >= 4 is 5.97 Å². The van der Waals surface area contributed by atoms with Crippen LogP contribution in [0.2, 0.25) is 0 Å². The topological polar surface area (TPSA) is 26.3 Å². The van der Waals surface area contributed by atoms with Crippen LogP contribution in [0.25, 0.3) is 0 Å². The Morgan fingerprint density at radius 3 is 2.83 bits per heavy atom. The van der Waals surface area contributed by atoms with Crippen molar-refractivity contribution in [2.24, 2.45) is 5.92 Å². The van der Waals surface area contributed by atoms with Gasteiger partial charge in [0.2, 0.25) is 0 Å². The van der Waals surface area contributed by atoms with Crippen LogP contribution in [0.1, 0.15) is 39.0 Å². The summed E-state index contributed by atoms with van der Waals surface area (Å²) in [6, 6.07) is 0.714. The number of quaternary nitrogens is 1. The third-order valence-electron chi connectivity index (χ3n) is 4.75. The summed E-state index contributed by atoms with van der Waals surface area (Å²) >= 11 is 0. The molecule has 3 unspecified atom stereocenters. The third-order valence-corrected chi connectivity index (χ3v) is 4.75. The molecule has 2 heterocycles. The molecule has 0 bridgehead atoms. The van der Waals surface area contributed by atoms with Crippen LogP contribution in [-0.4, -0.2) is 43.2 Å². The molecule has 3 atom stereocenters. The molecule has 0 radical (unpaired) electrons. The molecule has 0 aromatic carbocycles. The van der Waals surface area contributed by atoms with Gasteiger partial charge in [0.1, 0.15) is 6.61 Å². The minimum Gasteiger partial charge on any atom is -0.462 e. The van der Waals surface area contributed by atoms with Gasteiger partial charge in [-0.1, -0.05) is 6.08 Å². The van der Waals surface area contributed by atoms with Gasteiger partial charge in [-0.2, -0.15) is 0 Å². The summed E-state index contributed by atoms with van der Waals surface area (Å²) < 4.78 is 6.59. The predicted octanol–water partition coefficient (Wildman–Crippen LogP) is 2.51. The van der Waals surface area contributed by atoms with Crippen LogP contribution in [0.15, 0.2) is 12.2 Å². The summed E-state index contributed by atoms with van der Waals surface area (Å²) in [4.78, 5) is 11.4. The van der Waals surface area contributed by atoms with Crippen molar-refractivity contribution in [2.75, 3.05) is 26.7 Å². The molecule has 0 aromatic heterocycles. The minimum atomic E-state index is -0.187. The molecule has 0 N–H and O–H groups in total. The van der Waals surface area contributed by atoms with Crippen LogP contribution in [0.4, 0.5) is 0 Å². The quantitative estimate of drug-likeness (QED) is 0.438. The number of nitrogens with zero attached hydrogens (tertiary/aromatic N) is 1. The number of piperidine rings is 2. The lowest BCUT2D eigenvalue weighted by molar-refractivity contribution is -0.947. The Morgan fingerprint density at radius 1 is 1.28 bits per heavy atom. The second kappa shape index (κ2) is 5.87. The molecule has 0 saturated carbocycles. The van der Waals surface area contributed by atoms with Crippen molar-refractivity contribution in [3.63, 3.8) is 0 Å². The van der Waals surface area contributed by atoms with Gasteiger partial charge < -0.3 is 9.22 Å². The highest BCUT2D eigenvalue weighted by Gasteiger charge is 2.43. The van der Waals surface area contributed by atoms with Crippen molar-refractivity contribution in [3.8, 4) is 0 Å². The molecular formula is C15H26NO2+. The predicted molar refractivity (Wildman–Crippen MR) is 72.1 cm³/mol. The van der Waals surface area contributed by atoms with Gasteiger partial charge in [-0.05, 0) is 32.6 Å². The van der Waals surface area contributed by atoms with E-state index < -0.39 is 0 Å². The van der Waals surface area contributed by atoms with E-state index in [1.807, 2.05) is 6.92 Å². The first kappa shape index (κ1) is 13.6. The highest BCUT2D eigenvalue weighted by atomic mass is 16.5. The van der Waals surface area contributed by atoms with Crippen LogP contribution < -0.4 is 0 Å². The first-order valence-electron chi connectivity index (χ1n) is 7.29. The molecule has 0 aliphatic carbocycles. The van der Waals surface area contributed by atoms with Crippen molar-refractivity contribution in [2.45, 2.75) is 45.1 Å². The average molecular weight is 252 g/mol. The van der Waals surface area contributed by atoms with Gasteiger partial charge in [0.15, 0.2) is 0 Å². The lowest BCUT2D eigenvalue weighted by Crippen LogP contribution is -2.61. The van der Waals surface area contributed by atoms with E-state index in [-0.39, 0.29) is 5.97 Å². The fourth-order valence-corrected chi connectivity index (χ4v) is 3.80. The fourth-order valence-electron chi connectivity index (χ4n) is 3.80. The fraction of sp³-hybridized carbons (Fsp3) is 0.800. The van der Waals surface area contributed by atoms with Gasteiger partial charge in [0.05, 0.1) is 26.2 Å². The average Bonchev–Trinajstić information content (AvgIpc) is 2.35. The molecule has 102 valence electrons. The Hall–Kier alpha value is -0.830. The van der Waals surface area contributed by atoms with Crippen LogP contribution in [0, 0.1) is 5.92 Å². The number of ether oxygens (including phenoxy) is 1. The SMILES string of the molecule is CC=CC(=O)OCC1CCC[N+]2(C)CCCCC12. The molecule has 2 aliphatic heterocycles. The summed E-state index contributed by atoms with van der Waals surface area (Å²) in [6.45, 7) is 5.08. The van der Waals surface area contributed by atoms with Crippen molar-refractivity contribution in [1.82, 2.24) is 0 Å². The smallest absolute Gasteiger partial charge is 0.330 e.